The Balaban J connectivity index is 1.77. The van der Waals surface area contributed by atoms with Gasteiger partial charge in [-0.2, -0.15) is 0 Å². The number of fused-ring (bicyclic) bond motifs is 5. The summed E-state index contributed by atoms with van der Waals surface area (Å²) in [6.45, 7) is 17.9. The molecule has 2 fully saturated rings. The number of aryl methyl sites for hydroxylation is 1. The topological polar surface area (TPSA) is 101 Å². The minimum Gasteiger partial charge on any atom is -0.446 e. The van der Waals surface area contributed by atoms with Gasteiger partial charge in [0.15, 0.2) is 0 Å². The van der Waals surface area contributed by atoms with E-state index in [1.807, 2.05) is 73.7 Å². The van der Waals surface area contributed by atoms with Crippen LogP contribution in [0.15, 0.2) is 35.9 Å². The second kappa shape index (κ2) is 11.2. The third kappa shape index (κ3) is 6.71. The number of ether oxygens (including phenoxy) is 3. The molecule has 0 saturated carbocycles. The average molecular weight is 569 g/mol. The number of hydrogen-bond donors (Lipinski definition) is 2. The fourth-order valence-corrected chi connectivity index (χ4v) is 6.17. The van der Waals surface area contributed by atoms with Crippen molar-refractivity contribution in [2.75, 3.05) is 11.9 Å². The van der Waals surface area contributed by atoms with Gasteiger partial charge in [0.05, 0.1) is 24.2 Å². The molecule has 7 atom stereocenters. The lowest BCUT2D eigenvalue weighted by Gasteiger charge is -2.42. The van der Waals surface area contributed by atoms with Crippen LogP contribution < -0.4 is 10.2 Å². The van der Waals surface area contributed by atoms with E-state index in [-0.39, 0.29) is 36.7 Å². The van der Waals surface area contributed by atoms with Crippen LogP contribution in [0.5, 0.6) is 0 Å². The zero-order valence-corrected chi connectivity index (χ0v) is 26.3. The van der Waals surface area contributed by atoms with E-state index >= 15 is 0 Å². The first kappa shape index (κ1) is 31.3. The van der Waals surface area contributed by atoms with Crippen molar-refractivity contribution in [3.63, 3.8) is 0 Å². The van der Waals surface area contributed by atoms with E-state index in [1.165, 1.54) is 0 Å². The van der Waals surface area contributed by atoms with Crippen LogP contribution in [0.3, 0.4) is 0 Å². The van der Waals surface area contributed by atoms with E-state index in [0.717, 1.165) is 28.0 Å². The molecule has 1 aromatic rings. The monoisotopic (exact) mass is 568 g/mol. The molecule has 0 spiro atoms. The molecule has 3 aliphatic rings. The molecule has 3 aliphatic heterocycles. The maximum absolute atomic E-state index is 13.8. The quantitative estimate of drug-likeness (QED) is 0.433. The maximum Gasteiger partial charge on any atom is 0.409 e. The van der Waals surface area contributed by atoms with E-state index in [9.17, 15) is 14.7 Å². The van der Waals surface area contributed by atoms with Gasteiger partial charge in [0.2, 0.25) is 5.91 Å². The lowest BCUT2D eigenvalue weighted by atomic mass is 9.82. The Kier molecular flexibility index (Phi) is 8.53. The van der Waals surface area contributed by atoms with Crippen LogP contribution in [0.2, 0.25) is 0 Å². The molecule has 4 rings (SSSR count). The van der Waals surface area contributed by atoms with Gasteiger partial charge in [-0.1, -0.05) is 43.7 Å². The molecule has 0 radical (unpaired) electrons. The molecular formula is C33H48N2O6. The van der Waals surface area contributed by atoms with Gasteiger partial charge in [0, 0.05) is 31.0 Å². The molecule has 0 aromatic heterocycles. The van der Waals surface area contributed by atoms with Crippen molar-refractivity contribution >= 4 is 17.7 Å². The minimum absolute atomic E-state index is 0.0633. The lowest BCUT2D eigenvalue weighted by Crippen LogP contribution is -2.60. The summed E-state index contributed by atoms with van der Waals surface area (Å²) in [7, 11) is 1.82. The van der Waals surface area contributed by atoms with Gasteiger partial charge in [0.1, 0.15) is 17.4 Å². The molecule has 41 heavy (non-hydrogen) atoms. The number of nitrogens with zero attached hydrogens (tertiary/aromatic N) is 1. The molecule has 8 nitrogen and oxygen atoms in total. The van der Waals surface area contributed by atoms with Crippen molar-refractivity contribution in [2.24, 2.45) is 11.8 Å². The summed E-state index contributed by atoms with van der Waals surface area (Å²) >= 11 is 0. The first-order valence-electron chi connectivity index (χ1n) is 14.7. The third-order valence-electron chi connectivity index (χ3n) is 8.99. The highest BCUT2D eigenvalue weighted by Gasteiger charge is 2.63. The van der Waals surface area contributed by atoms with E-state index in [0.29, 0.717) is 6.42 Å². The number of nitrogens with one attached hydrogen (secondary N) is 1. The highest BCUT2D eigenvalue weighted by atomic mass is 16.6. The maximum atomic E-state index is 13.8. The Morgan fingerprint density at radius 3 is 2.49 bits per heavy atom. The highest BCUT2D eigenvalue weighted by molar-refractivity contribution is 5.94. The number of benzene rings is 1. The van der Waals surface area contributed by atoms with Crippen LogP contribution in [-0.2, 0) is 25.4 Å². The predicted octanol–water partition coefficient (Wildman–Crippen LogP) is 5.52. The van der Waals surface area contributed by atoms with Crippen LogP contribution in [-0.4, -0.2) is 59.4 Å². The number of anilines is 1. The fourth-order valence-electron chi connectivity index (χ4n) is 6.17. The minimum atomic E-state index is -1.47. The largest absolute Gasteiger partial charge is 0.446 e. The molecule has 3 heterocycles. The van der Waals surface area contributed by atoms with Gasteiger partial charge < -0.3 is 24.2 Å². The number of carbonyl (C=O) groups excluding carboxylic acids is 2. The summed E-state index contributed by atoms with van der Waals surface area (Å²) in [6, 6.07) is 4.26. The Bertz CT molecular complexity index is 1250. The van der Waals surface area contributed by atoms with Crippen molar-refractivity contribution in [3.05, 3.63) is 52.6 Å². The van der Waals surface area contributed by atoms with Crippen molar-refractivity contribution in [2.45, 2.75) is 117 Å². The Morgan fingerprint density at radius 1 is 1.15 bits per heavy atom. The highest BCUT2D eigenvalue weighted by Crippen LogP contribution is 2.49. The zero-order valence-electron chi connectivity index (χ0n) is 26.3. The summed E-state index contributed by atoms with van der Waals surface area (Å²) in [5.74, 6) is -0.663. The molecular weight excluding hydrogens is 520 g/mol. The van der Waals surface area contributed by atoms with Crippen LogP contribution in [0.4, 0.5) is 10.5 Å². The number of epoxide rings is 1. The summed E-state index contributed by atoms with van der Waals surface area (Å²) in [5, 5.41) is 14.2. The van der Waals surface area contributed by atoms with Crippen LogP contribution in [0.1, 0.15) is 78.0 Å². The van der Waals surface area contributed by atoms with Crippen molar-refractivity contribution in [1.82, 2.24) is 5.32 Å². The van der Waals surface area contributed by atoms with E-state index in [2.05, 4.69) is 31.3 Å². The summed E-state index contributed by atoms with van der Waals surface area (Å²) in [6.07, 6.45) is 4.85. The molecule has 2 N–H and O–H groups in total. The molecule has 1 aromatic carbocycles. The third-order valence-corrected chi connectivity index (χ3v) is 8.99. The molecule has 8 heteroatoms. The molecule has 2 amide bonds. The zero-order chi connectivity index (χ0) is 30.5. The van der Waals surface area contributed by atoms with Gasteiger partial charge in [-0.3, -0.25) is 10.1 Å². The number of allylic oxidation sites excluding steroid dienone is 3. The SMILES string of the molecule is C/C1=C\C=C\C(C)C2(O)CC(OC(=O)N2)C(C)C2OC2(C)C(OC(C)(C)C)CC(=O)N(C)c2cc(cc(C)c2C)C1. The van der Waals surface area contributed by atoms with Crippen molar-refractivity contribution < 1.29 is 28.9 Å². The molecule has 2 saturated heterocycles. The van der Waals surface area contributed by atoms with Gasteiger partial charge in [0.25, 0.3) is 0 Å². The number of aliphatic hydroxyl groups is 1. The predicted molar refractivity (Wildman–Crippen MR) is 160 cm³/mol. The van der Waals surface area contributed by atoms with Crippen LogP contribution >= 0.6 is 0 Å². The molecule has 0 aliphatic carbocycles. The summed E-state index contributed by atoms with van der Waals surface area (Å²) < 4.78 is 18.5. The second-order valence-corrected chi connectivity index (χ2v) is 13.6. The van der Waals surface area contributed by atoms with E-state index in [1.54, 1.807) is 4.90 Å². The van der Waals surface area contributed by atoms with Crippen LogP contribution in [0, 0.1) is 25.7 Å². The number of alkyl carbamates (subject to hydrolysis) is 1. The van der Waals surface area contributed by atoms with E-state index in [4.69, 9.17) is 14.2 Å². The first-order chi connectivity index (χ1) is 18.9. The normalized spacial score (nSPS) is 36.9. The average Bonchev–Trinajstić information content (AvgIpc) is 3.55. The number of amides is 2. The number of carbonyl (C=O) groups is 2. The molecule has 7 unspecified atom stereocenters. The second-order valence-electron chi connectivity index (χ2n) is 13.6. The van der Waals surface area contributed by atoms with Crippen molar-refractivity contribution in [3.8, 4) is 0 Å². The van der Waals surface area contributed by atoms with Crippen LogP contribution in [0.25, 0.3) is 0 Å². The van der Waals surface area contributed by atoms with E-state index < -0.39 is 35.2 Å². The van der Waals surface area contributed by atoms with Gasteiger partial charge in [-0.15, -0.1) is 0 Å². The summed E-state index contributed by atoms with van der Waals surface area (Å²) in [5.41, 5.74) is 2.57. The standard InChI is InChI=1S/C33H48N2O6/c1-19-12-11-13-21(3)33(38)18-26(39-30(37)34-33)23(5)29-32(9,41-29)27(40-31(6,7)8)17-28(36)35(10)25-16-24(14-19)15-20(2)22(25)4/h11-13,15-16,21,23,26-27,29,38H,14,17-18H2,1-10H3,(H,34,37)/b13-11+,19-12+. The van der Waals surface area contributed by atoms with Crippen molar-refractivity contribution in [1.29, 1.82) is 0 Å². The lowest BCUT2D eigenvalue weighted by molar-refractivity contribution is -0.129. The molecule has 4 bridgehead atoms. The number of hydrogen-bond acceptors (Lipinski definition) is 6. The number of rotatable bonds is 1. The molecule has 226 valence electrons. The fraction of sp³-hybridized carbons (Fsp3) is 0.636. The first-order valence-corrected chi connectivity index (χ1v) is 14.7. The summed E-state index contributed by atoms with van der Waals surface area (Å²) in [4.78, 5) is 28.2. The Labute approximate surface area is 245 Å². The van der Waals surface area contributed by atoms with Gasteiger partial charge in [-0.05, 0) is 77.6 Å². The van der Waals surface area contributed by atoms with Gasteiger partial charge in [-0.25, -0.2) is 4.79 Å². The van der Waals surface area contributed by atoms with Gasteiger partial charge >= 0.3 is 6.09 Å². The smallest absolute Gasteiger partial charge is 0.409 e. The Hall–Kier alpha value is -2.68. The Morgan fingerprint density at radius 2 is 1.83 bits per heavy atom.